The van der Waals surface area contributed by atoms with Crippen LogP contribution in [0.2, 0.25) is 0 Å². The van der Waals surface area contributed by atoms with Crippen LogP contribution in [-0.2, 0) is 33.4 Å². The van der Waals surface area contributed by atoms with Crippen LogP contribution in [0.3, 0.4) is 0 Å². The first kappa shape index (κ1) is 24.3. The van der Waals surface area contributed by atoms with Gasteiger partial charge in [0.15, 0.2) is 11.0 Å². The molecule has 1 saturated heterocycles. The molecule has 1 aliphatic heterocycles. The number of hydrogen-bond acceptors (Lipinski definition) is 9. The van der Waals surface area contributed by atoms with Crippen molar-refractivity contribution in [3.05, 3.63) is 21.0 Å². The SMILES string of the molecule is CC(C)OC(=O)C(C(=O)OC(C)C)=C1SCC(OC(=O)C2=C(C(=O)O)CCCC2)S1. The molecule has 0 bridgehead atoms. The lowest BCUT2D eigenvalue weighted by Crippen LogP contribution is -2.24. The molecule has 0 aromatic heterocycles. The van der Waals surface area contributed by atoms with E-state index in [2.05, 4.69) is 0 Å². The molecule has 1 N–H and O–H groups in total. The summed E-state index contributed by atoms with van der Waals surface area (Å²) in [6, 6.07) is 0. The Labute approximate surface area is 183 Å². The van der Waals surface area contributed by atoms with Gasteiger partial charge in [-0.05, 0) is 53.4 Å². The van der Waals surface area contributed by atoms with Gasteiger partial charge in [0, 0.05) is 16.9 Å². The van der Waals surface area contributed by atoms with Crippen LogP contribution in [0, 0.1) is 0 Å². The maximum atomic E-state index is 12.5. The molecule has 1 atom stereocenters. The van der Waals surface area contributed by atoms with Crippen LogP contribution in [-0.4, -0.2) is 52.4 Å². The molecule has 0 amide bonds. The number of aliphatic carboxylic acids is 1. The van der Waals surface area contributed by atoms with Crippen molar-refractivity contribution in [1.29, 1.82) is 0 Å². The van der Waals surface area contributed by atoms with Gasteiger partial charge in [-0.1, -0.05) is 11.8 Å². The maximum absolute atomic E-state index is 12.5. The summed E-state index contributed by atoms with van der Waals surface area (Å²) < 4.78 is 16.2. The molecular weight excluding hydrogens is 432 g/mol. The molecule has 10 heteroatoms. The van der Waals surface area contributed by atoms with Gasteiger partial charge in [0.2, 0.25) is 0 Å². The number of ether oxygens (including phenoxy) is 3. The summed E-state index contributed by atoms with van der Waals surface area (Å²) in [5.74, 6) is -3.04. The molecule has 1 unspecified atom stereocenters. The first-order chi connectivity index (χ1) is 14.1. The summed E-state index contributed by atoms with van der Waals surface area (Å²) in [6.45, 7) is 6.69. The lowest BCUT2D eigenvalue weighted by atomic mass is 9.92. The van der Waals surface area contributed by atoms with Gasteiger partial charge < -0.3 is 19.3 Å². The molecule has 8 nitrogen and oxygen atoms in total. The number of esters is 3. The van der Waals surface area contributed by atoms with E-state index in [9.17, 15) is 24.3 Å². The standard InChI is InChI=1S/C20H26O8S2/c1-10(2)26-18(24)15(19(25)27-11(3)4)20-29-9-14(30-20)28-17(23)13-8-6-5-7-12(13)16(21)22/h10-11,14H,5-9H2,1-4H3,(H,21,22). The van der Waals surface area contributed by atoms with Crippen molar-refractivity contribution in [2.75, 3.05) is 5.75 Å². The normalized spacial score (nSPS) is 19.1. The number of rotatable bonds is 7. The Morgan fingerprint density at radius 2 is 1.47 bits per heavy atom. The average Bonchev–Trinajstić information content (AvgIpc) is 3.08. The van der Waals surface area contributed by atoms with Crippen molar-refractivity contribution in [2.45, 2.75) is 71.0 Å². The number of carbonyl (C=O) groups excluding carboxylic acids is 3. The zero-order valence-corrected chi connectivity index (χ0v) is 19.0. The fourth-order valence-electron chi connectivity index (χ4n) is 2.87. The Bertz CT molecular complexity index is 758. The minimum atomic E-state index is -1.11. The largest absolute Gasteiger partial charge is 0.478 e. The Morgan fingerprint density at radius 1 is 0.933 bits per heavy atom. The molecule has 1 aliphatic carbocycles. The van der Waals surface area contributed by atoms with Crippen molar-refractivity contribution in [1.82, 2.24) is 0 Å². The second-order valence-electron chi connectivity index (χ2n) is 7.30. The molecule has 2 aliphatic rings. The van der Waals surface area contributed by atoms with Crippen LogP contribution in [0.25, 0.3) is 0 Å². The Balaban J connectivity index is 2.18. The smallest absolute Gasteiger partial charge is 0.347 e. The van der Waals surface area contributed by atoms with Gasteiger partial charge >= 0.3 is 23.9 Å². The fourth-order valence-corrected chi connectivity index (χ4v) is 5.47. The van der Waals surface area contributed by atoms with Crippen LogP contribution < -0.4 is 0 Å². The summed E-state index contributed by atoms with van der Waals surface area (Å²) in [7, 11) is 0. The van der Waals surface area contributed by atoms with E-state index in [1.54, 1.807) is 27.7 Å². The highest BCUT2D eigenvalue weighted by Crippen LogP contribution is 2.45. The lowest BCUT2D eigenvalue weighted by Gasteiger charge is -2.18. The van der Waals surface area contributed by atoms with Gasteiger partial charge in [0.25, 0.3) is 0 Å². The third kappa shape index (κ3) is 6.53. The first-order valence-electron chi connectivity index (χ1n) is 9.72. The summed E-state index contributed by atoms with van der Waals surface area (Å²) in [5.41, 5.74) is -0.584. The van der Waals surface area contributed by atoms with E-state index in [0.29, 0.717) is 22.8 Å². The minimum Gasteiger partial charge on any atom is -0.478 e. The summed E-state index contributed by atoms with van der Waals surface area (Å²) >= 11 is 2.26. The van der Waals surface area contributed by atoms with Crippen LogP contribution >= 0.6 is 23.5 Å². The molecule has 1 heterocycles. The quantitative estimate of drug-likeness (QED) is 0.200. The topological polar surface area (TPSA) is 116 Å². The van der Waals surface area contributed by atoms with Crippen molar-refractivity contribution in [3.8, 4) is 0 Å². The monoisotopic (exact) mass is 458 g/mol. The number of thioether (sulfide) groups is 2. The third-order valence-electron chi connectivity index (χ3n) is 4.10. The second-order valence-corrected chi connectivity index (χ2v) is 9.76. The zero-order chi connectivity index (χ0) is 22.4. The van der Waals surface area contributed by atoms with E-state index in [4.69, 9.17) is 14.2 Å². The van der Waals surface area contributed by atoms with E-state index in [1.807, 2.05) is 0 Å². The van der Waals surface area contributed by atoms with Crippen molar-refractivity contribution in [2.24, 2.45) is 0 Å². The third-order valence-corrected chi connectivity index (χ3v) is 6.83. The highest BCUT2D eigenvalue weighted by Gasteiger charge is 2.36. The van der Waals surface area contributed by atoms with Crippen molar-refractivity contribution >= 4 is 47.4 Å². The number of carbonyl (C=O) groups is 4. The van der Waals surface area contributed by atoms with E-state index in [1.165, 1.54) is 11.8 Å². The van der Waals surface area contributed by atoms with Crippen molar-refractivity contribution in [3.63, 3.8) is 0 Å². The summed E-state index contributed by atoms with van der Waals surface area (Å²) in [4.78, 5) is 48.9. The van der Waals surface area contributed by atoms with Gasteiger partial charge in [-0.3, -0.25) is 0 Å². The van der Waals surface area contributed by atoms with Gasteiger partial charge in [0.05, 0.1) is 16.4 Å². The predicted octanol–water partition coefficient (Wildman–Crippen LogP) is 3.41. The number of carboxylic acids is 1. The van der Waals surface area contributed by atoms with Crippen LogP contribution in [0.1, 0.15) is 53.4 Å². The van der Waals surface area contributed by atoms with E-state index in [0.717, 1.165) is 24.6 Å². The summed E-state index contributed by atoms with van der Waals surface area (Å²) in [6.07, 6.45) is 1.31. The maximum Gasteiger partial charge on any atom is 0.347 e. The molecule has 0 spiro atoms. The molecule has 0 saturated carbocycles. The van der Waals surface area contributed by atoms with Gasteiger partial charge in [-0.2, -0.15) is 0 Å². The van der Waals surface area contributed by atoms with Crippen LogP contribution in [0.5, 0.6) is 0 Å². The van der Waals surface area contributed by atoms with E-state index in [-0.39, 0.29) is 16.7 Å². The fraction of sp³-hybridized carbons (Fsp3) is 0.600. The molecule has 0 radical (unpaired) electrons. The van der Waals surface area contributed by atoms with Crippen LogP contribution in [0.15, 0.2) is 21.0 Å². The average molecular weight is 459 g/mol. The first-order valence-corrected chi connectivity index (χ1v) is 11.6. The van der Waals surface area contributed by atoms with Gasteiger partial charge in [-0.25, -0.2) is 19.2 Å². The molecular formula is C20H26O8S2. The highest BCUT2D eigenvalue weighted by molar-refractivity contribution is 8.25. The van der Waals surface area contributed by atoms with E-state index < -0.39 is 41.5 Å². The Hall–Kier alpha value is -1.94. The minimum absolute atomic E-state index is 0.0966. The number of hydrogen-bond donors (Lipinski definition) is 1. The van der Waals surface area contributed by atoms with E-state index >= 15 is 0 Å². The molecule has 166 valence electrons. The Morgan fingerprint density at radius 3 is 1.97 bits per heavy atom. The molecule has 1 fully saturated rings. The van der Waals surface area contributed by atoms with Gasteiger partial charge in [0.1, 0.15) is 0 Å². The molecule has 0 aromatic rings. The predicted molar refractivity (Wildman–Crippen MR) is 113 cm³/mol. The molecule has 30 heavy (non-hydrogen) atoms. The van der Waals surface area contributed by atoms with Crippen LogP contribution in [0.4, 0.5) is 0 Å². The Kier molecular flexibility index (Phi) is 8.84. The molecule has 0 aromatic carbocycles. The zero-order valence-electron chi connectivity index (χ0n) is 17.4. The van der Waals surface area contributed by atoms with Gasteiger partial charge in [-0.15, -0.1) is 11.8 Å². The highest BCUT2D eigenvalue weighted by atomic mass is 32.2. The number of carboxylic acid groups (broad SMARTS) is 1. The second kappa shape index (κ2) is 10.9. The lowest BCUT2D eigenvalue weighted by molar-refractivity contribution is -0.151. The summed E-state index contributed by atoms with van der Waals surface area (Å²) in [5, 5.41) is 9.31. The van der Waals surface area contributed by atoms with Crippen molar-refractivity contribution < 1.29 is 38.5 Å². The molecule has 2 rings (SSSR count).